The lowest BCUT2D eigenvalue weighted by atomic mass is 10.4. The van der Waals surface area contributed by atoms with E-state index in [9.17, 15) is 0 Å². The van der Waals surface area contributed by atoms with E-state index in [1.807, 2.05) is 21.1 Å². The van der Waals surface area contributed by atoms with Crippen molar-refractivity contribution in [3.05, 3.63) is 17.0 Å². The molecule has 3 nitrogen and oxygen atoms in total. The second kappa shape index (κ2) is 2.57. The normalized spacial score (nSPS) is 10.3. The predicted octanol–water partition coefficient (Wildman–Crippen LogP) is 0.511. The Labute approximate surface area is 67.0 Å². The van der Waals surface area contributed by atoms with Crippen molar-refractivity contribution in [3.63, 3.8) is 0 Å². The van der Waals surface area contributed by atoms with Gasteiger partial charge in [0.25, 0.3) is 0 Å². The van der Waals surface area contributed by atoms with Crippen LogP contribution in [0.2, 0.25) is 0 Å². The summed E-state index contributed by atoms with van der Waals surface area (Å²) in [5.41, 5.74) is 3.56. The molecular weight excluding hydrogens is 138 g/mol. The van der Waals surface area contributed by atoms with Crippen molar-refractivity contribution in [1.29, 1.82) is 0 Å². The first-order valence-corrected chi connectivity index (χ1v) is 3.71. The minimum atomic E-state index is 1.01. The number of nitrogens with zero attached hydrogens (tertiary/aromatic N) is 3. The number of rotatable bonds is 0. The zero-order valence-electron chi connectivity index (χ0n) is 7.84. The van der Waals surface area contributed by atoms with E-state index in [0.717, 1.165) is 5.62 Å². The minimum absolute atomic E-state index is 1.01. The van der Waals surface area contributed by atoms with E-state index < -0.39 is 0 Å². The van der Waals surface area contributed by atoms with Crippen molar-refractivity contribution in [2.75, 3.05) is 7.05 Å². The lowest BCUT2D eigenvalue weighted by Gasteiger charge is -1.92. The zero-order chi connectivity index (χ0) is 8.59. The zero-order valence-corrected chi connectivity index (χ0v) is 7.84. The summed E-state index contributed by atoms with van der Waals surface area (Å²) in [5, 5.41) is 0. The quantitative estimate of drug-likeness (QED) is 0.518. The van der Waals surface area contributed by atoms with Crippen LogP contribution >= 0.6 is 0 Å². The van der Waals surface area contributed by atoms with Gasteiger partial charge in [-0.2, -0.15) is 0 Å². The summed E-state index contributed by atoms with van der Waals surface area (Å²) in [6.07, 6.45) is 0. The van der Waals surface area contributed by atoms with Crippen LogP contribution in [0.25, 0.3) is 0 Å². The summed E-state index contributed by atoms with van der Waals surface area (Å²) in [6, 6.07) is 0. The van der Waals surface area contributed by atoms with E-state index in [1.54, 1.807) is 0 Å². The first kappa shape index (κ1) is 8.11. The Hall–Kier alpha value is -0.990. The molecule has 0 aliphatic heterocycles. The van der Waals surface area contributed by atoms with Crippen LogP contribution in [-0.4, -0.2) is 16.2 Å². The third-order valence-corrected chi connectivity index (χ3v) is 2.33. The maximum Gasteiger partial charge on any atom is 0.204 e. The van der Waals surface area contributed by atoms with Gasteiger partial charge in [0.05, 0.1) is 0 Å². The van der Waals surface area contributed by atoms with Gasteiger partial charge in [0.2, 0.25) is 5.62 Å². The van der Waals surface area contributed by atoms with Gasteiger partial charge >= 0.3 is 0 Å². The molecular formula is C8H15N3. The lowest BCUT2D eigenvalue weighted by Crippen LogP contribution is -2.22. The van der Waals surface area contributed by atoms with Gasteiger partial charge in [0.15, 0.2) is 0 Å². The number of aromatic nitrogens is 2. The van der Waals surface area contributed by atoms with Crippen molar-refractivity contribution >= 4 is 0 Å². The Morgan fingerprint density at radius 2 is 1.36 bits per heavy atom. The van der Waals surface area contributed by atoms with E-state index in [1.165, 1.54) is 11.4 Å². The highest BCUT2D eigenvalue weighted by Gasteiger charge is 2.03. The van der Waals surface area contributed by atoms with E-state index in [2.05, 4.69) is 28.0 Å². The third-order valence-electron chi connectivity index (χ3n) is 2.33. The molecule has 1 heterocycles. The van der Waals surface area contributed by atoms with Gasteiger partial charge in [0.1, 0.15) is 0 Å². The molecule has 0 spiro atoms. The summed E-state index contributed by atoms with van der Waals surface area (Å²) < 4.78 is 4.19. The molecule has 0 saturated carbocycles. The van der Waals surface area contributed by atoms with Gasteiger partial charge in [-0.15, -0.1) is 0 Å². The minimum Gasteiger partial charge on any atom is -0.318 e. The van der Waals surface area contributed by atoms with Gasteiger partial charge in [-0.1, -0.05) is 0 Å². The van der Waals surface area contributed by atoms with Crippen LogP contribution < -0.4 is 5.62 Å². The Balaban J connectivity index is 3.63. The van der Waals surface area contributed by atoms with Crippen molar-refractivity contribution in [3.8, 4) is 0 Å². The molecule has 0 aliphatic carbocycles. The van der Waals surface area contributed by atoms with Gasteiger partial charge in [0, 0.05) is 32.5 Å². The number of imidazole rings is 1. The molecule has 0 N–H and O–H groups in total. The molecule has 0 atom stereocenters. The molecule has 11 heavy (non-hydrogen) atoms. The molecule has 62 valence electrons. The molecule has 0 amide bonds. The molecule has 1 aromatic heterocycles. The molecule has 0 aromatic carbocycles. The highest BCUT2D eigenvalue weighted by molar-refractivity contribution is 5.09. The molecule has 0 saturated heterocycles. The summed E-state index contributed by atoms with van der Waals surface area (Å²) in [5.74, 6) is 0. The van der Waals surface area contributed by atoms with E-state index in [-0.39, 0.29) is 0 Å². The van der Waals surface area contributed by atoms with Crippen molar-refractivity contribution in [1.82, 2.24) is 9.13 Å². The Kier molecular flexibility index (Phi) is 1.89. The van der Waals surface area contributed by atoms with Gasteiger partial charge in [-0.05, 0) is 13.8 Å². The second-order valence-electron chi connectivity index (χ2n) is 2.81. The van der Waals surface area contributed by atoms with E-state index >= 15 is 0 Å². The van der Waals surface area contributed by atoms with E-state index in [4.69, 9.17) is 0 Å². The maximum atomic E-state index is 4.18. The van der Waals surface area contributed by atoms with E-state index in [0.29, 0.717) is 0 Å². The van der Waals surface area contributed by atoms with Gasteiger partial charge in [-0.3, -0.25) is 4.99 Å². The number of hydrogen-bond donors (Lipinski definition) is 0. The fraction of sp³-hybridized carbons (Fsp3) is 0.625. The van der Waals surface area contributed by atoms with Crippen LogP contribution in [0.3, 0.4) is 0 Å². The predicted molar refractivity (Wildman–Crippen MR) is 45.3 cm³/mol. The standard InChI is InChI=1S/C8H15N3/c1-6-7(2)11(5)8(9-3)10(6)4/h1-5H3. The Morgan fingerprint density at radius 3 is 1.55 bits per heavy atom. The molecule has 1 rings (SSSR count). The van der Waals surface area contributed by atoms with Crippen LogP contribution in [-0.2, 0) is 14.1 Å². The van der Waals surface area contributed by atoms with Crippen molar-refractivity contribution in [2.45, 2.75) is 13.8 Å². The monoisotopic (exact) mass is 153 g/mol. The lowest BCUT2D eigenvalue weighted by molar-refractivity contribution is 0.724. The SMILES string of the molecule is CN=c1n(C)c(C)c(C)n1C. The fourth-order valence-electron chi connectivity index (χ4n) is 1.31. The largest absolute Gasteiger partial charge is 0.318 e. The van der Waals surface area contributed by atoms with Crippen molar-refractivity contribution < 1.29 is 0 Å². The second-order valence-corrected chi connectivity index (χ2v) is 2.81. The van der Waals surface area contributed by atoms with Crippen molar-refractivity contribution in [2.24, 2.45) is 19.1 Å². The molecule has 1 aromatic rings. The van der Waals surface area contributed by atoms with Gasteiger partial charge in [-0.25, -0.2) is 0 Å². The Morgan fingerprint density at radius 1 is 1.00 bits per heavy atom. The summed E-state index contributed by atoms with van der Waals surface area (Å²) >= 11 is 0. The molecule has 0 radical (unpaired) electrons. The van der Waals surface area contributed by atoms with Crippen LogP contribution in [0.5, 0.6) is 0 Å². The first-order chi connectivity index (χ1) is 5.09. The number of hydrogen-bond acceptors (Lipinski definition) is 1. The molecule has 0 unspecified atom stereocenters. The highest BCUT2D eigenvalue weighted by Crippen LogP contribution is 2.00. The van der Waals surface area contributed by atoms with Crippen LogP contribution in [0.1, 0.15) is 11.4 Å². The molecule has 3 heteroatoms. The van der Waals surface area contributed by atoms with Crippen LogP contribution in [0, 0.1) is 13.8 Å². The summed E-state index contributed by atoms with van der Waals surface area (Å²) in [4.78, 5) is 4.18. The maximum absolute atomic E-state index is 4.18. The van der Waals surface area contributed by atoms with Gasteiger partial charge < -0.3 is 9.13 Å². The summed E-state index contributed by atoms with van der Waals surface area (Å²) in [6.45, 7) is 4.20. The summed E-state index contributed by atoms with van der Waals surface area (Å²) in [7, 11) is 5.88. The molecule has 0 bridgehead atoms. The van der Waals surface area contributed by atoms with Crippen LogP contribution in [0.15, 0.2) is 4.99 Å². The fourth-order valence-corrected chi connectivity index (χ4v) is 1.31. The smallest absolute Gasteiger partial charge is 0.204 e. The average molecular weight is 153 g/mol. The highest BCUT2D eigenvalue weighted by atomic mass is 15.2. The third kappa shape index (κ3) is 1.00. The van der Waals surface area contributed by atoms with Crippen LogP contribution in [0.4, 0.5) is 0 Å². The average Bonchev–Trinajstić information content (AvgIpc) is 2.17. The molecule has 0 fully saturated rings. The molecule has 0 aliphatic rings. The Bertz CT molecular complexity index is 299. The topological polar surface area (TPSA) is 22.2 Å². The first-order valence-electron chi connectivity index (χ1n) is 3.71.